The van der Waals surface area contributed by atoms with E-state index in [0.29, 0.717) is 12.6 Å². The first kappa shape index (κ1) is 17.7. The molecule has 132 valence electrons. The first-order chi connectivity index (χ1) is 12.2. The molecule has 0 aromatic heterocycles. The van der Waals surface area contributed by atoms with Gasteiger partial charge in [0, 0.05) is 12.6 Å². The van der Waals surface area contributed by atoms with E-state index in [2.05, 4.69) is 65.8 Å². The number of amides is 1. The molecule has 3 nitrogen and oxygen atoms in total. The third-order valence-electron chi connectivity index (χ3n) is 5.07. The number of nitrogens with zero attached hydrogens (tertiary/aromatic N) is 1. The smallest absolute Gasteiger partial charge is 0.234 e. The number of benzene rings is 2. The summed E-state index contributed by atoms with van der Waals surface area (Å²) < 4.78 is 0. The van der Waals surface area contributed by atoms with Crippen molar-refractivity contribution in [3.8, 4) is 0 Å². The maximum atomic E-state index is 12.3. The summed E-state index contributed by atoms with van der Waals surface area (Å²) in [6.07, 6.45) is 5.48. The molecular weight excluding hydrogens is 308 g/mol. The summed E-state index contributed by atoms with van der Waals surface area (Å²) in [4.78, 5) is 14.5. The lowest BCUT2D eigenvalue weighted by Gasteiger charge is -2.32. The predicted octanol–water partition coefficient (Wildman–Crippen LogP) is 3.74. The Bertz CT molecular complexity index is 683. The number of carbonyl (C=O) groups is 1. The van der Waals surface area contributed by atoms with Crippen LogP contribution in [0.25, 0.3) is 0 Å². The Balaban J connectivity index is 1.44. The molecule has 1 atom stereocenters. The lowest BCUT2D eigenvalue weighted by atomic mass is 9.87. The Hall–Kier alpha value is -2.13. The van der Waals surface area contributed by atoms with Crippen LogP contribution in [0.4, 0.5) is 0 Å². The van der Waals surface area contributed by atoms with Gasteiger partial charge in [-0.2, -0.15) is 0 Å². The van der Waals surface area contributed by atoms with Gasteiger partial charge >= 0.3 is 0 Å². The van der Waals surface area contributed by atoms with E-state index in [0.717, 1.165) is 32.2 Å². The van der Waals surface area contributed by atoms with Gasteiger partial charge in [0.2, 0.25) is 5.91 Å². The number of likely N-dealkylation sites (N-methyl/N-ethyl adjacent to an activating group) is 1. The number of hydrogen-bond donors (Lipinski definition) is 1. The molecule has 1 N–H and O–H groups in total. The maximum absolute atomic E-state index is 12.3. The summed E-state index contributed by atoms with van der Waals surface area (Å²) in [5.41, 5.74) is 4.16. The molecule has 0 radical (unpaired) electrons. The van der Waals surface area contributed by atoms with Gasteiger partial charge in [-0.25, -0.2) is 0 Å². The van der Waals surface area contributed by atoms with Crippen LogP contribution in [0.2, 0.25) is 0 Å². The maximum Gasteiger partial charge on any atom is 0.234 e. The van der Waals surface area contributed by atoms with Crippen LogP contribution in [-0.2, 0) is 17.6 Å². The molecule has 0 spiro atoms. The molecule has 3 rings (SSSR count). The Labute approximate surface area is 151 Å². The molecule has 25 heavy (non-hydrogen) atoms. The van der Waals surface area contributed by atoms with Crippen LogP contribution >= 0.6 is 0 Å². The molecule has 0 fully saturated rings. The first-order valence-corrected chi connectivity index (χ1v) is 9.32. The van der Waals surface area contributed by atoms with Crippen LogP contribution < -0.4 is 5.32 Å². The monoisotopic (exact) mass is 336 g/mol. The van der Waals surface area contributed by atoms with Gasteiger partial charge in [0.1, 0.15) is 0 Å². The Morgan fingerprint density at radius 2 is 1.88 bits per heavy atom. The molecule has 0 bridgehead atoms. The third kappa shape index (κ3) is 4.93. The average Bonchev–Trinajstić information content (AvgIpc) is 2.65. The highest BCUT2D eigenvalue weighted by Gasteiger charge is 2.24. The minimum atomic E-state index is 0.124. The Kier molecular flexibility index (Phi) is 6.24. The van der Waals surface area contributed by atoms with Crippen molar-refractivity contribution in [2.75, 3.05) is 20.1 Å². The largest absolute Gasteiger partial charge is 0.355 e. The van der Waals surface area contributed by atoms with Gasteiger partial charge in [0.05, 0.1) is 6.54 Å². The number of hydrogen-bond acceptors (Lipinski definition) is 2. The lowest BCUT2D eigenvalue weighted by Crippen LogP contribution is -2.38. The van der Waals surface area contributed by atoms with Crippen LogP contribution in [0.3, 0.4) is 0 Å². The zero-order valence-electron chi connectivity index (χ0n) is 15.1. The molecule has 2 aromatic carbocycles. The molecule has 0 aliphatic heterocycles. The van der Waals surface area contributed by atoms with Crippen molar-refractivity contribution in [2.24, 2.45) is 0 Å². The molecule has 0 unspecified atom stereocenters. The van der Waals surface area contributed by atoms with Gasteiger partial charge in [0.25, 0.3) is 0 Å². The fourth-order valence-corrected chi connectivity index (χ4v) is 3.74. The zero-order chi connectivity index (χ0) is 17.5. The van der Waals surface area contributed by atoms with E-state index in [1.807, 2.05) is 6.07 Å². The standard InChI is InChI=1S/C22H28N2O/c1-24(21-15-7-13-19-12-5-6-14-20(19)21)17-22(25)23-16-8-11-18-9-3-2-4-10-18/h2-6,9-10,12,14,21H,7-8,11,13,15-17H2,1H3,(H,23,25)/t21-/m1/s1. The van der Waals surface area contributed by atoms with Gasteiger partial charge in [-0.15, -0.1) is 0 Å². The van der Waals surface area contributed by atoms with Gasteiger partial charge in [0.15, 0.2) is 0 Å². The molecule has 2 aromatic rings. The first-order valence-electron chi connectivity index (χ1n) is 9.32. The second-order valence-corrected chi connectivity index (χ2v) is 6.96. The summed E-state index contributed by atoms with van der Waals surface area (Å²) in [5, 5.41) is 3.07. The van der Waals surface area contributed by atoms with Crippen LogP contribution in [0, 0.1) is 0 Å². The van der Waals surface area contributed by atoms with E-state index >= 15 is 0 Å². The number of rotatable bonds is 7. The number of aryl methyl sites for hydroxylation is 2. The van der Waals surface area contributed by atoms with Crippen LogP contribution in [0.15, 0.2) is 54.6 Å². The predicted molar refractivity (Wildman–Crippen MR) is 103 cm³/mol. The SMILES string of the molecule is CN(CC(=O)NCCCc1ccccc1)[C@@H]1CCCc2ccccc21. The summed E-state index contributed by atoms with van der Waals surface area (Å²) in [6.45, 7) is 1.20. The van der Waals surface area contributed by atoms with E-state index in [1.54, 1.807) is 0 Å². The van der Waals surface area contributed by atoms with E-state index in [1.165, 1.54) is 23.1 Å². The summed E-state index contributed by atoms with van der Waals surface area (Å²) in [6, 6.07) is 19.4. The number of carbonyl (C=O) groups excluding carboxylic acids is 1. The Morgan fingerprint density at radius 3 is 2.72 bits per heavy atom. The van der Waals surface area contributed by atoms with Crippen molar-refractivity contribution < 1.29 is 4.79 Å². The molecule has 1 aliphatic carbocycles. The molecule has 1 amide bonds. The second-order valence-electron chi connectivity index (χ2n) is 6.96. The van der Waals surface area contributed by atoms with Crippen molar-refractivity contribution in [1.82, 2.24) is 10.2 Å². The molecule has 0 saturated heterocycles. The molecule has 3 heteroatoms. The van der Waals surface area contributed by atoms with Gasteiger partial charge in [-0.05, 0) is 55.8 Å². The van der Waals surface area contributed by atoms with Crippen LogP contribution in [-0.4, -0.2) is 30.9 Å². The van der Waals surface area contributed by atoms with Gasteiger partial charge < -0.3 is 5.32 Å². The number of fused-ring (bicyclic) bond motifs is 1. The van der Waals surface area contributed by atoms with Crippen molar-refractivity contribution in [1.29, 1.82) is 0 Å². The second kappa shape index (κ2) is 8.82. The van der Waals surface area contributed by atoms with E-state index in [-0.39, 0.29) is 5.91 Å². The zero-order valence-corrected chi connectivity index (χ0v) is 15.1. The lowest BCUT2D eigenvalue weighted by molar-refractivity contribution is -0.122. The summed E-state index contributed by atoms with van der Waals surface area (Å²) >= 11 is 0. The average molecular weight is 336 g/mol. The Morgan fingerprint density at radius 1 is 1.12 bits per heavy atom. The van der Waals surface area contributed by atoms with Crippen LogP contribution in [0.5, 0.6) is 0 Å². The van der Waals surface area contributed by atoms with Gasteiger partial charge in [-0.3, -0.25) is 9.69 Å². The summed E-state index contributed by atoms with van der Waals surface area (Å²) in [7, 11) is 2.07. The summed E-state index contributed by atoms with van der Waals surface area (Å²) in [5.74, 6) is 0.124. The van der Waals surface area contributed by atoms with E-state index < -0.39 is 0 Å². The quantitative estimate of drug-likeness (QED) is 0.781. The fourth-order valence-electron chi connectivity index (χ4n) is 3.74. The molecule has 1 aliphatic rings. The van der Waals surface area contributed by atoms with Crippen LogP contribution in [0.1, 0.15) is 42.0 Å². The number of nitrogens with one attached hydrogen (secondary N) is 1. The van der Waals surface area contributed by atoms with Crippen molar-refractivity contribution in [3.63, 3.8) is 0 Å². The normalized spacial score (nSPS) is 16.5. The van der Waals surface area contributed by atoms with E-state index in [4.69, 9.17) is 0 Å². The molecule has 0 saturated carbocycles. The van der Waals surface area contributed by atoms with Crippen molar-refractivity contribution in [3.05, 3.63) is 71.3 Å². The minimum Gasteiger partial charge on any atom is -0.355 e. The topological polar surface area (TPSA) is 32.3 Å². The highest BCUT2D eigenvalue weighted by atomic mass is 16.2. The fraction of sp³-hybridized carbons (Fsp3) is 0.409. The minimum absolute atomic E-state index is 0.124. The van der Waals surface area contributed by atoms with E-state index in [9.17, 15) is 4.79 Å². The van der Waals surface area contributed by atoms with Crippen molar-refractivity contribution in [2.45, 2.75) is 38.1 Å². The highest BCUT2D eigenvalue weighted by molar-refractivity contribution is 5.78. The molecular formula is C22H28N2O. The van der Waals surface area contributed by atoms with Gasteiger partial charge in [-0.1, -0.05) is 54.6 Å². The molecule has 0 heterocycles. The van der Waals surface area contributed by atoms with Crippen molar-refractivity contribution >= 4 is 5.91 Å². The third-order valence-corrected chi connectivity index (χ3v) is 5.07. The highest BCUT2D eigenvalue weighted by Crippen LogP contribution is 2.33.